The molecule has 0 amide bonds. The number of ether oxygens (including phenoxy) is 5. The highest BCUT2D eigenvalue weighted by molar-refractivity contribution is 5.82. The zero-order valence-corrected chi connectivity index (χ0v) is 32.9. The summed E-state index contributed by atoms with van der Waals surface area (Å²) in [5.74, 6) is -1.97. The number of methoxy groups -OCH3 is 1. The van der Waals surface area contributed by atoms with Gasteiger partial charge in [-0.25, -0.2) is 0 Å². The van der Waals surface area contributed by atoms with Crippen molar-refractivity contribution < 1.29 is 53.7 Å². The molecule has 1 aliphatic rings. The van der Waals surface area contributed by atoms with Crippen LogP contribution in [0.2, 0.25) is 0 Å². The summed E-state index contributed by atoms with van der Waals surface area (Å²) in [6.45, 7) is 18.4. The number of carbonyl (C=O) groups is 2. The molecule has 0 aliphatic carbocycles. The molecule has 0 aromatic rings. The number of nitrogens with zero attached hydrogens (tertiary/aromatic N) is 1. The van der Waals surface area contributed by atoms with E-state index in [1.165, 1.54) is 7.11 Å². The number of ketones is 1. The normalized spacial score (nSPS) is 25.0. The Hall–Kier alpha value is -1.22. The number of aliphatic hydroxyl groups is 4. The van der Waals surface area contributed by atoms with Crippen LogP contribution in [0, 0.1) is 23.7 Å². The van der Waals surface area contributed by atoms with Crippen LogP contribution in [0.1, 0.15) is 127 Å². The fraction of sp³-hybridized carbons (Fsp3) is 0.946. The molecular formula is C37H73NO11. The van der Waals surface area contributed by atoms with Crippen LogP contribution >= 0.6 is 0 Å². The number of Topliss-reactive ketones (excluding diaryl/α,β-unsaturated/α-hetero) is 1. The Bertz CT molecular complexity index is 894. The summed E-state index contributed by atoms with van der Waals surface area (Å²) in [5, 5.41) is 40.4. The summed E-state index contributed by atoms with van der Waals surface area (Å²) in [5.41, 5.74) is -1.19. The third kappa shape index (κ3) is 18.7. The van der Waals surface area contributed by atoms with Gasteiger partial charge in [-0.05, 0) is 79.8 Å². The molecule has 0 aromatic heterocycles. The first-order chi connectivity index (χ1) is 22.7. The first kappa shape index (κ1) is 47.8. The highest BCUT2D eigenvalue weighted by Gasteiger charge is 2.39. The molecule has 4 N–H and O–H groups in total. The number of rotatable bonds is 22. The Morgan fingerprint density at radius 3 is 2.02 bits per heavy atom. The van der Waals surface area contributed by atoms with Gasteiger partial charge in [0.05, 0.1) is 23.7 Å². The summed E-state index contributed by atoms with van der Waals surface area (Å²) in [6.07, 6.45) is 0.612. The van der Waals surface area contributed by atoms with Gasteiger partial charge in [0.2, 0.25) is 0 Å². The van der Waals surface area contributed by atoms with E-state index < -0.39 is 54.9 Å². The van der Waals surface area contributed by atoms with Gasteiger partial charge in [0.1, 0.15) is 11.9 Å². The SMILES string of the molecule is CC1CC(N(C)C)CC(O)O1.CCCC(OC(C(C)C[C@@](C)(O)C[C@@H](C)C(=O)[C@H](C)CCC)C(C)C(=O)OC(O)CC)O[C@@H](C)C(O)OC. The molecule has 0 spiro atoms. The van der Waals surface area contributed by atoms with Gasteiger partial charge >= 0.3 is 5.97 Å². The van der Waals surface area contributed by atoms with Crippen molar-refractivity contribution in [1.82, 2.24) is 4.90 Å². The van der Waals surface area contributed by atoms with Crippen molar-refractivity contribution in [2.75, 3.05) is 21.2 Å². The Balaban J connectivity index is 0.00000175. The van der Waals surface area contributed by atoms with Crippen molar-refractivity contribution in [1.29, 1.82) is 0 Å². The summed E-state index contributed by atoms with van der Waals surface area (Å²) < 4.78 is 27.6. The van der Waals surface area contributed by atoms with Crippen LogP contribution in [-0.2, 0) is 33.3 Å². The molecule has 0 radical (unpaired) electrons. The van der Waals surface area contributed by atoms with Gasteiger partial charge in [-0.1, -0.05) is 54.4 Å². The molecule has 292 valence electrons. The summed E-state index contributed by atoms with van der Waals surface area (Å²) in [4.78, 5) is 27.8. The third-order valence-corrected chi connectivity index (χ3v) is 9.27. The molecule has 13 atom stereocenters. The fourth-order valence-corrected chi connectivity index (χ4v) is 6.51. The molecule has 9 unspecified atom stereocenters. The molecule has 0 saturated carbocycles. The molecular weight excluding hydrogens is 634 g/mol. The monoisotopic (exact) mass is 708 g/mol. The minimum atomic E-state index is -1.22. The number of aliphatic hydroxyl groups excluding tert-OH is 3. The number of hydrogen-bond acceptors (Lipinski definition) is 12. The van der Waals surface area contributed by atoms with Crippen molar-refractivity contribution in [2.45, 2.75) is 182 Å². The summed E-state index contributed by atoms with van der Waals surface area (Å²) in [6, 6.07) is 0.466. The molecule has 49 heavy (non-hydrogen) atoms. The minimum absolute atomic E-state index is 0.0597. The zero-order valence-electron chi connectivity index (χ0n) is 32.9. The lowest BCUT2D eigenvalue weighted by Crippen LogP contribution is -2.44. The van der Waals surface area contributed by atoms with Gasteiger partial charge in [-0.15, -0.1) is 0 Å². The molecule has 1 fully saturated rings. The number of carbonyl (C=O) groups excluding carboxylic acids is 2. The second-order valence-electron chi connectivity index (χ2n) is 14.7. The largest absolute Gasteiger partial charge is 0.436 e. The Morgan fingerprint density at radius 2 is 1.53 bits per heavy atom. The molecule has 12 heteroatoms. The maximum absolute atomic E-state index is 12.9. The van der Waals surface area contributed by atoms with E-state index in [0.717, 1.165) is 32.1 Å². The highest BCUT2D eigenvalue weighted by Crippen LogP contribution is 2.33. The maximum Gasteiger partial charge on any atom is 0.313 e. The van der Waals surface area contributed by atoms with E-state index in [1.807, 2.05) is 55.6 Å². The van der Waals surface area contributed by atoms with E-state index in [9.17, 15) is 30.0 Å². The first-order valence-electron chi connectivity index (χ1n) is 18.4. The lowest BCUT2D eigenvalue weighted by molar-refractivity contribution is -0.256. The Kier molecular flexibility index (Phi) is 23.5. The van der Waals surface area contributed by atoms with E-state index in [1.54, 1.807) is 27.7 Å². The van der Waals surface area contributed by atoms with Gasteiger partial charge in [-0.3, -0.25) is 9.59 Å². The van der Waals surface area contributed by atoms with E-state index in [4.69, 9.17) is 23.7 Å². The molecule has 0 bridgehead atoms. The van der Waals surface area contributed by atoms with Crippen LogP contribution in [0.3, 0.4) is 0 Å². The minimum Gasteiger partial charge on any atom is -0.436 e. The van der Waals surface area contributed by atoms with Gasteiger partial charge in [-0.2, -0.15) is 0 Å². The van der Waals surface area contributed by atoms with E-state index in [0.29, 0.717) is 12.5 Å². The fourth-order valence-electron chi connectivity index (χ4n) is 6.51. The van der Waals surface area contributed by atoms with E-state index >= 15 is 0 Å². The predicted octanol–water partition coefficient (Wildman–Crippen LogP) is 5.02. The van der Waals surface area contributed by atoms with Crippen molar-refractivity contribution in [3.05, 3.63) is 0 Å². The predicted molar refractivity (Wildman–Crippen MR) is 189 cm³/mol. The second kappa shape index (κ2) is 24.1. The topological polar surface area (TPSA) is 164 Å². The Morgan fingerprint density at radius 1 is 0.939 bits per heavy atom. The lowest BCUT2D eigenvalue weighted by Gasteiger charge is -2.37. The zero-order chi connectivity index (χ0) is 38.1. The maximum atomic E-state index is 12.9. The van der Waals surface area contributed by atoms with Gasteiger partial charge < -0.3 is 49.0 Å². The average molecular weight is 708 g/mol. The van der Waals surface area contributed by atoms with Crippen LogP contribution in [0.4, 0.5) is 0 Å². The highest BCUT2D eigenvalue weighted by atomic mass is 16.7. The molecule has 1 rings (SSSR count). The average Bonchev–Trinajstić information content (AvgIpc) is 3.01. The molecule has 12 nitrogen and oxygen atoms in total. The molecule has 1 saturated heterocycles. The van der Waals surface area contributed by atoms with E-state index in [-0.39, 0.29) is 48.9 Å². The van der Waals surface area contributed by atoms with Crippen LogP contribution in [0.15, 0.2) is 0 Å². The molecule has 1 heterocycles. The van der Waals surface area contributed by atoms with Crippen LogP contribution in [0.5, 0.6) is 0 Å². The van der Waals surface area contributed by atoms with Crippen molar-refractivity contribution in [3.63, 3.8) is 0 Å². The third-order valence-electron chi connectivity index (χ3n) is 9.27. The van der Waals surface area contributed by atoms with Gasteiger partial charge in [0, 0.05) is 37.8 Å². The summed E-state index contributed by atoms with van der Waals surface area (Å²) in [7, 11) is 5.45. The molecule has 0 aromatic carbocycles. The second-order valence-corrected chi connectivity index (χ2v) is 14.7. The number of esters is 1. The summed E-state index contributed by atoms with van der Waals surface area (Å²) >= 11 is 0. The van der Waals surface area contributed by atoms with Crippen molar-refractivity contribution in [2.24, 2.45) is 23.7 Å². The smallest absolute Gasteiger partial charge is 0.313 e. The van der Waals surface area contributed by atoms with Crippen molar-refractivity contribution in [3.8, 4) is 0 Å². The van der Waals surface area contributed by atoms with Gasteiger partial charge in [0.25, 0.3) is 0 Å². The Labute approximate surface area is 297 Å². The van der Waals surface area contributed by atoms with Crippen molar-refractivity contribution >= 4 is 11.8 Å². The van der Waals surface area contributed by atoms with Crippen LogP contribution in [-0.4, -0.2) is 113 Å². The lowest BCUT2D eigenvalue weighted by atomic mass is 9.78. The number of hydrogen-bond donors (Lipinski definition) is 4. The van der Waals surface area contributed by atoms with E-state index in [2.05, 4.69) is 4.90 Å². The first-order valence-corrected chi connectivity index (χ1v) is 18.4. The quantitative estimate of drug-likeness (QED) is 0.0879. The molecule has 1 aliphatic heterocycles. The van der Waals surface area contributed by atoms with Crippen LogP contribution < -0.4 is 0 Å². The van der Waals surface area contributed by atoms with Crippen LogP contribution in [0.25, 0.3) is 0 Å². The standard InChI is InChI=1S/C29H56O9.C8H17NO2/c1-11-14-18(4)25(31)19(5)16-29(9,34)17-20(6)26(21(7)27(32)37-23(30)13-3)38-24(15-12-2)36-22(8)28(33)35-10;1-6-4-7(9(2)3)5-8(10)11-6/h18-24,26,28,30,33-34H,11-17H2,1-10H3;6-8,10H,4-5H2,1-3H3/t18-,19-,20?,21?,22+,23?,24?,26?,28?,29+;/m1./s1. The van der Waals surface area contributed by atoms with Gasteiger partial charge in [0.15, 0.2) is 25.2 Å².